The Bertz CT molecular complexity index is 898. The summed E-state index contributed by atoms with van der Waals surface area (Å²) in [6.45, 7) is 1.15. The number of carbonyl (C=O) groups is 2. The molecule has 1 aliphatic heterocycles. The zero-order valence-electron chi connectivity index (χ0n) is 13.0. The number of aromatic nitrogens is 1. The minimum atomic E-state index is -0.191. The first-order valence-electron chi connectivity index (χ1n) is 7.89. The van der Waals surface area contributed by atoms with E-state index in [0.717, 1.165) is 15.8 Å². The Balaban J connectivity index is 1.46. The largest absolute Gasteiger partial charge is 0.351 e. The summed E-state index contributed by atoms with van der Waals surface area (Å²) < 4.78 is 2.01. The summed E-state index contributed by atoms with van der Waals surface area (Å²) in [5.74, 6) is -0.165. The summed E-state index contributed by atoms with van der Waals surface area (Å²) in [6.07, 6.45) is 0.281. The number of benzene rings is 1. The van der Waals surface area contributed by atoms with Gasteiger partial charge in [-0.05, 0) is 23.6 Å². The average molecular weight is 339 g/mol. The van der Waals surface area contributed by atoms with Crippen LogP contribution in [-0.2, 0) is 17.9 Å². The molecule has 2 amide bonds. The molecule has 6 heteroatoms. The van der Waals surface area contributed by atoms with Gasteiger partial charge in [-0.25, -0.2) is 0 Å². The second kappa shape index (κ2) is 6.13. The molecule has 0 saturated heterocycles. The third-order valence-electron chi connectivity index (χ3n) is 4.25. The van der Waals surface area contributed by atoms with E-state index in [4.69, 9.17) is 0 Å². The van der Waals surface area contributed by atoms with Crippen molar-refractivity contribution in [3.8, 4) is 0 Å². The molecule has 4 rings (SSSR count). The fourth-order valence-corrected chi connectivity index (χ4v) is 3.78. The highest BCUT2D eigenvalue weighted by atomic mass is 32.1. The molecule has 5 nitrogen and oxygen atoms in total. The lowest BCUT2D eigenvalue weighted by atomic mass is 10.1. The van der Waals surface area contributed by atoms with Crippen molar-refractivity contribution < 1.29 is 9.59 Å². The molecule has 0 unspecified atom stereocenters. The molecule has 1 aliphatic rings. The molecule has 0 aliphatic carbocycles. The van der Waals surface area contributed by atoms with Gasteiger partial charge >= 0.3 is 0 Å². The fourth-order valence-electron chi connectivity index (χ4n) is 3.13. The third kappa shape index (κ3) is 2.80. The molecule has 3 aromatic rings. The molecule has 0 radical (unpaired) electrons. The number of amides is 2. The SMILES string of the molecule is O=C(C[C@H]1Cn2c(cc3ccccc32)C(=O)N1)NCc1cccs1. The van der Waals surface area contributed by atoms with Crippen molar-refractivity contribution in [2.45, 2.75) is 25.6 Å². The number of thiophene rings is 1. The van der Waals surface area contributed by atoms with Crippen LogP contribution >= 0.6 is 11.3 Å². The van der Waals surface area contributed by atoms with Gasteiger partial charge in [-0.2, -0.15) is 0 Å². The number of carbonyl (C=O) groups excluding carboxylic acids is 2. The Labute approximate surface area is 143 Å². The van der Waals surface area contributed by atoms with E-state index in [1.807, 2.05) is 52.4 Å². The van der Waals surface area contributed by atoms with E-state index >= 15 is 0 Å². The second-order valence-corrected chi connectivity index (χ2v) is 6.96. The van der Waals surface area contributed by atoms with Gasteiger partial charge < -0.3 is 15.2 Å². The molecule has 24 heavy (non-hydrogen) atoms. The van der Waals surface area contributed by atoms with Crippen LogP contribution in [0.5, 0.6) is 0 Å². The van der Waals surface area contributed by atoms with E-state index < -0.39 is 0 Å². The van der Waals surface area contributed by atoms with Crippen LogP contribution in [0.1, 0.15) is 21.8 Å². The summed E-state index contributed by atoms with van der Waals surface area (Å²) in [6, 6.07) is 13.6. The van der Waals surface area contributed by atoms with Gasteiger partial charge in [0.25, 0.3) is 5.91 Å². The van der Waals surface area contributed by atoms with E-state index in [9.17, 15) is 9.59 Å². The number of para-hydroxylation sites is 1. The lowest BCUT2D eigenvalue weighted by molar-refractivity contribution is -0.121. The van der Waals surface area contributed by atoms with E-state index in [-0.39, 0.29) is 24.3 Å². The van der Waals surface area contributed by atoms with Gasteiger partial charge in [0.2, 0.25) is 5.91 Å². The van der Waals surface area contributed by atoms with Crippen LogP contribution in [0, 0.1) is 0 Å². The highest BCUT2D eigenvalue weighted by Crippen LogP contribution is 2.23. The molecule has 1 aromatic carbocycles. The first kappa shape index (κ1) is 15.0. The number of hydrogen-bond donors (Lipinski definition) is 2. The third-order valence-corrected chi connectivity index (χ3v) is 5.13. The van der Waals surface area contributed by atoms with Crippen molar-refractivity contribution in [3.05, 3.63) is 58.4 Å². The molecule has 1 atom stereocenters. The van der Waals surface area contributed by atoms with Crippen molar-refractivity contribution >= 4 is 34.1 Å². The molecule has 122 valence electrons. The Hall–Kier alpha value is -2.60. The van der Waals surface area contributed by atoms with Crippen molar-refractivity contribution in [3.63, 3.8) is 0 Å². The first-order chi connectivity index (χ1) is 11.7. The summed E-state index contributed by atoms with van der Waals surface area (Å²) in [5.41, 5.74) is 1.69. The monoisotopic (exact) mass is 339 g/mol. The van der Waals surface area contributed by atoms with Gasteiger partial charge in [-0.1, -0.05) is 24.3 Å². The average Bonchev–Trinajstić information content (AvgIpc) is 3.21. The number of nitrogens with one attached hydrogen (secondary N) is 2. The van der Waals surface area contributed by atoms with Crippen LogP contribution in [-0.4, -0.2) is 22.4 Å². The number of rotatable bonds is 4. The Morgan fingerprint density at radius 3 is 3.00 bits per heavy atom. The minimum Gasteiger partial charge on any atom is -0.351 e. The maximum absolute atomic E-state index is 12.3. The molecule has 2 aromatic heterocycles. The standard InChI is InChI=1S/C18H17N3O2S/c22-17(19-10-14-5-3-7-24-14)9-13-11-21-15-6-2-1-4-12(15)8-16(21)18(23)20-13/h1-8,13H,9-11H2,(H,19,22)(H,20,23)/t13-/m0/s1. The number of hydrogen-bond acceptors (Lipinski definition) is 3. The summed E-state index contributed by atoms with van der Waals surface area (Å²) >= 11 is 1.62. The Morgan fingerprint density at radius 2 is 2.17 bits per heavy atom. The topological polar surface area (TPSA) is 63.1 Å². The van der Waals surface area contributed by atoms with Crippen LogP contribution in [0.25, 0.3) is 10.9 Å². The van der Waals surface area contributed by atoms with E-state index in [2.05, 4.69) is 10.6 Å². The highest BCUT2D eigenvalue weighted by Gasteiger charge is 2.27. The van der Waals surface area contributed by atoms with Crippen molar-refractivity contribution in [2.24, 2.45) is 0 Å². The van der Waals surface area contributed by atoms with Crippen molar-refractivity contribution in [2.75, 3.05) is 0 Å². The van der Waals surface area contributed by atoms with E-state index in [1.165, 1.54) is 0 Å². The molecular weight excluding hydrogens is 322 g/mol. The summed E-state index contributed by atoms with van der Waals surface area (Å²) in [5, 5.41) is 8.89. The van der Waals surface area contributed by atoms with E-state index in [0.29, 0.717) is 18.8 Å². The minimum absolute atomic E-state index is 0.0476. The summed E-state index contributed by atoms with van der Waals surface area (Å²) in [4.78, 5) is 25.6. The maximum atomic E-state index is 12.3. The number of nitrogens with zero attached hydrogens (tertiary/aromatic N) is 1. The number of fused-ring (bicyclic) bond motifs is 3. The first-order valence-corrected chi connectivity index (χ1v) is 8.77. The van der Waals surface area contributed by atoms with Gasteiger partial charge in [0.05, 0.1) is 12.6 Å². The predicted octanol–water partition coefficient (Wildman–Crippen LogP) is 2.52. The molecule has 3 heterocycles. The van der Waals surface area contributed by atoms with Crippen LogP contribution in [0.15, 0.2) is 47.8 Å². The van der Waals surface area contributed by atoms with E-state index in [1.54, 1.807) is 11.3 Å². The molecule has 0 bridgehead atoms. The van der Waals surface area contributed by atoms with Gasteiger partial charge in [0, 0.05) is 28.7 Å². The van der Waals surface area contributed by atoms with Crippen LogP contribution in [0.4, 0.5) is 0 Å². The summed E-state index contributed by atoms with van der Waals surface area (Å²) in [7, 11) is 0. The van der Waals surface area contributed by atoms with Gasteiger partial charge in [-0.15, -0.1) is 11.3 Å². The highest BCUT2D eigenvalue weighted by molar-refractivity contribution is 7.09. The lowest BCUT2D eigenvalue weighted by Crippen LogP contribution is -2.46. The Morgan fingerprint density at radius 1 is 1.29 bits per heavy atom. The quantitative estimate of drug-likeness (QED) is 0.767. The normalized spacial score (nSPS) is 16.7. The van der Waals surface area contributed by atoms with Gasteiger partial charge in [0.1, 0.15) is 5.69 Å². The molecule has 0 fully saturated rings. The molecule has 0 saturated carbocycles. The van der Waals surface area contributed by atoms with Crippen LogP contribution in [0.2, 0.25) is 0 Å². The van der Waals surface area contributed by atoms with Crippen molar-refractivity contribution in [1.82, 2.24) is 15.2 Å². The Kier molecular flexibility index (Phi) is 3.82. The van der Waals surface area contributed by atoms with Gasteiger partial charge in [-0.3, -0.25) is 9.59 Å². The van der Waals surface area contributed by atoms with Crippen LogP contribution < -0.4 is 10.6 Å². The maximum Gasteiger partial charge on any atom is 0.268 e. The zero-order valence-corrected chi connectivity index (χ0v) is 13.8. The molecule has 0 spiro atoms. The molecular formula is C18H17N3O2S. The smallest absolute Gasteiger partial charge is 0.268 e. The zero-order chi connectivity index (χ0) is 16.5. The lowest BCUT2D eigenvalue weighted by Gasteiger charge is -2.26. The van der Waals surface area contributed by atoms with Crippen LogP contribution in [0.3, 0.4) is 0 Å². The second-order valence-electron chi connectivity index (χ2n) is 5.93. The molecule has 2 N–H and O–H groups in total. The van der Waals surface area contributed by atoms with Gasteiger partial charge in [0.15, 0.2) is 0 Å². The fraction of sp³-hybridized carbons (Fsp3) is 0.222. The predicted molar refractivity (Wildman–Crippen MR) is 94.0 cm³/mol. The van der Waals surface area contributed by atoms with Crippen molar-refractivity contribution in [1.29, 1.82) is 0 Å².